The van der Waals surface area contributed by atoms with Crippen LogP contribution in [0.1, 0.15) is 34.1 Å². The van der Waals surface area contributed by atoms with E-state index in [1.807, 2.05) is 0 Å². The summed E-state index contributed by atoms with van der Waals surface area (Å²) < 4.78 is 4.77. The van der Waals surface area contributed by atoms with Gasteiger partial charge in [-0.3, -0.25) is 14.4 Å². The molecule has 0 heterocycles. The molecule has 102 valence electrons. The highest BCUT2D eigenvalue weighted by Crippen LogP contribution is 2.12. The number of carbonyl (C=O) groups is 3. The Labute approximate surface area is 111 Å². The smallest absolute Gasteiger partial charge is 0.311 e. The number of rotatable bonds is 7. The Kier molecular flexibility index (Phi) is 5.89. The van der Waals surface area contributed by atoms with Crippen LogP contribution in [0.3, 0.4) is 0 Å². The van der Waals surface area contributed by atoms with Crippen molar-refractivity contribution < 1.29 is 24.2 Å². The van der Waals surface area contributed by atoms with Gasteiger partial charge in [0.25, 0.3) is 0 Å². The van der Waals surface area contributed by atoms with Gasteiger partial charge in [0.1, 0.15) is 6.29 Å². The molecule has 1 aromatic carbocycles. The van der Waals surface area contributed by atoms with Gasteiger partial charge >= 0.3 is 5.97 Å². The lowest BCUT2D eigenvalue weighted by Crippen LogP contribution is -2.24. The molecule has 1 N–H and O–H groups in total. The number of hydrogen-bond acceptors (Lipinski definition) is 5. The van der Waals surface area contributed by atoms with Crippen LogP contribution in [0.15, 0.2) is 24.3 Å². The number of aldehydes is 1. The van der Waals surface area contributed by atoms with E-state index >= 15 is 0 Å². The van der Waals surface area contributed by atoms with Gasteiger partial charge in [0, 0.05) is 17.5 Å². The molecule has 0 saturated carbocycles. The molecule has 0 radical (unpaired) electrons. The van der Waals surface area contributed by atoms with Crippen LogP contribution in [0.4, 0.5) is 0 Å². The first-order valence-electron chi connectivity index (χ1n) is 5.98. The molecule has 5 nitrogen and oxygen atoms in total. The maximum Gasteiger partial charge on any atom is 0.311 e. The zero-order chi connectivity index (χ0) is 14.3. The minimum Gasteiger partial charge on any atom is -0.466 e. The zero-order valence-corrected chi connectivity index (χ0v) is 10.7. The van der Waals surface area contributed by atoms with Crippen molar-refractivity contribution in [3.63, 3.8) is 0 Å². The second kappa shape index (κ2) is 7.43. The van der Waals surface area contributed by atoms with Gasteiger partial charge in [-0.15, -0.1) is 0 Å². The Hall–Kier alpha value is -2.01. The van der Waals surface area contributed by atoms with Gasteiger partial charge in [0.2, 0.25) is 0 Å². The van der Waals surface area contributed by atoms with Crippen LogP contribution in [0, 0.1) is 5.92 Å². The Balaban J connectivity index is 2.70. The normalized spacial score (nSPS) is 11.7. The highest BCUT2D eigenvalue weighted by Gasteiger charge is 2.22. The van der Waals surface area contributed by atoms with Crippen molar-refractivity contribution in [1.82, 2.24) is 0 Å². The molecule has 0 spiro atoms. The molecule has 0 aromatic heterocycles. The van der Waals surface area contributed by atoms with Crippen molar-refractivity contribution in [2.24, 2.45) is 5.92 Å². The fourth-order valence-electron chi connectivity index (χ4n) is 1.57. The van der Waals surface area contributed by atoms with E-state index in [-0.39, 0.29) is 18.8 Å². The second-order valence-corrected chi connectivity index (χ2v) is 4.00. The first-order chi connectivity index (χ1) is 9.12. The van der Waals surface area contributed by atoms with Gasteiger partial charge in [0.05, 0.1) is 19.1 Å². The van der Waals surface area contributed by atoms with Gasteiger partial charge in [-0.2, -0.15) is 0 Å². The predicted octanol–water partition coefficient (Wildman–Crippen LogP) is 1.24. The topological polar surface area (TPSA) is 80.7 Å². The number of aliphatic hydroxyl groups excluding tert-OH is 1. The lowest BCUT2D eigenvalue weighted by Gasteiger charge is -2.11. The fraction of sp³-hybridized carbons (Fsp3) is 0.357. The largest absolute Gasteiger partial charge is 0.466 e. The van der Waals surface area contributed by atoms with E-state index < -0.39 is 18.5 Å². The maximum absolute atomic E-state index is 11.9. The minimum atomic E-state index is -0.849. The van der Waals surface area contributed by atoms with Gasteiger partial charge < -0.3 is 9.84 Å². The first kappa shape index (κ1) is 15.0. The summed E-state index contributed by atoms with van der Waals surface area (Å²) >= 11 is 0. The highest BCUT2D eigenvalue weighted by molar-refractivity contribution is 5.98. The SMILES string of the molecule is CCOC(=O)C(CO)CC(=O)c1ccc(C=O)cc1. The number of ether oxygens (including phenoxy) is 1. The average Bonchev–Trinajstić information content (AvgIpc) is 2.44. The van der Waals surface area contributed by atoms with E-state index in [2.05, 4.69) is 0 Å². The molecule has 1 rings (SSSR count). The molecule has 0 aliphatic heterocycles. The van der Waals surface area contributed by atoms with Crippen molar-refractivity contribution >= 4 is 18.0 Å². The van der Waals surface area contributed by atoms with Gasteiger partial charge in [-0.1, -0.05) is 24.3 Å². The summed E-state index contributed by atoms with van der Waals surface area (Å²) in [5, 5.41) is 9.10. The minimum absolute atomic E-state index is 0.115. The Morgan fingerprint density at radius 1 is 1.32 bits per heavy atom. The molecule has 0 amide bonds. The molecule has 1 unspecified atom stereocenters. The van der Waals surface area contributed by atoms with Gasteiger partial charge in [-0.25, -0.2) is 0 Å². The van der Waals surface area contributed by atoms with E-state index in [0.717, 1.165) is 0 Å². The molecular formula is C14H16O5. The lowest BCUT2D eigenvalue weighted by atomic mass is 9.98. The van der Waals surface area contributed by atoms with E-state index in [0.29, 0.717) is 17.4 Å². The number of esters is 1. The summed E-state index contributed by atoms with van der Waals surface area (Å²) in [6.45, 7) is 1.43. The van der Waals surface area contributed by atoms with E-state index in [1.165, 1.54) is 24.3 Å². The molecule has 0 aliphatic rings. The summed E-state index contributed by atoms with van der Waals surface area (Å²) in [5.41, 5.74) is 0.869. The average molecular weight is 264 g/mol. The van der Waals surface area contributed by atoms with Crippen LogP contribution < -0.4 is 0 Å². The molecule has 0 bridgehead atoms. The molecule has 1 aromatic rings. The molecule has 0 fully saturated rings. The summed E-state index contributed by atoms with van der Waals surface area (Å²) in [6, 6.07) is 6.09. The third-order valence-electron chi connectivity index (χ3n) is 2.64. The van der Waals surface area contributed by atoms with Crippen molar-refractivity contribution in [3.8, 4) is 0 Å². The van der Waals surface area contributed by atoms with Crippen molar-refractivity contribution in [3.05, 3.63) is 35.4 Å². The monoisotopic (exact) mass is 264 g/mol. The van der Waals surface area contributed by atoms with Crippen LogP contribution in [-0.4, -0.2) is 36.4 Å². The number of ketones is 1. The number of hydrogen-bond donors (Lipinski definition) is 1. The van der Waals surface area contributed by atoms with Crippen LogP contribution in [0.25, 0.3) is 0 Å². The maximum atomic E-state index is 11.9. The van der Waals surface area contributed by atoms with E-state index in [4.69, 9.17) is 9.84 Å². The summed E-state index contributed by atoms with van der Waals surface area (Å²) in [5.74, 6) is -1.70. The molecule has 0 saturated heterocycles. The predicted molar refractivity (Wildman–Crippen MR) is 68.0 cm³/mol. The van der Waals surface area contributed by atoms with Crippen LogP contribution in [-0.2, 0) is 9.53 Å². The van der Waals surface area contributed by atoms with Crippen molar-refractivity contribution in [1.29, 1.82) is 0 Å². The molecule has 1 atom stereocenters. The Morgan fingerprint density at radius 2 is 1.95 bits per heavy atom. The van der Waals surface area contributed by atoms with Crippen molar-refractivity contribution in [2.45, 2.75) is 13.3 Å². The van der Waals surface area contributed by atoms with Crippen LogP contribution in [0.5, 0.6) is 0 Å². The Morgan fingerprint density at radius 3 is 2.42 bits per heavy atom. The standard InChI is InChI=1S/C14H16O5/c1-2-19-14(18)12(9-16)7-13(17)11-5-3-10(8-15)4-6-11/h3-6,8,12,16H,2,7,9H2,1H3. The quantitative estimate of drug-likeness (QED) is 0.455. The van der Waals surface area contributed by atoms with E-state index in [1.54, 1.807) is 6.92 Å². The first-order valence-corrected chi connectivity index (χ1v) is 5.98. The zero-order valence-electron chi connectivity index (χ0n) is 10.7. The third kappa shape index (κ3) is 4.30. The molecule has 19 heavy (non-hydrogen) atoms. The Bertz CT molecular complexity index is 449. The molecule has 0 aliphatic carbocycles. The van der Waals surface area contributed by atoms with Crippen LogP contribution >= 0.6 is 0 Å². The van der Waals surface area contributed by atoms with Gasteiger partial charge in [0.15, 0.2) is 5.78 Å². The van der Waals surface area contributed by atoms with Crippen molar-refractivity contribution in [2.75, 3.05) is 13.2 Å². The third-order valence-corrected chi connectivity index (χ3v) is 2.64. The number of benzene rings is 1. The molecule has 5 heteroatoms. The summed E-state index contributed by atoms with van der Waals surface area (Å²) in [7, 11) is 0. The number of aliphatic hydroxyl groups is 1. The number of carbonyl (C=O) groups excluding carboxylic acids is 3. The lowest BCUT2D eigenvalue weighted by molar-refractivity contribution is -0.149. The number of Topliss-reactive ketones (excluding diaryl/α,β-unsaturated/α-hetero) is 1. The highest BCUT2D eigenvalue weighted by atomic mass is 16.5. The summed E-state index contributed by atoms with van der Waals surface area (Å²) in [4.78, 5) is 33.9. The van der Waals surface area contributed by atoms with Gasteiger partial charge in [-0.05, 0) is 6.92 Å². The fourth-order valence-corrected chi connectivity index (χ4v) is 1.57. The molecular weight excluding hydrogens is 248 g/mol. The van der Waals surface area contributed by atoms with E-state index in [9.17, 15) is 14.4 Å². The van der Waals surface area contributed by atoms with Crippen LogP contribution in [0.2, 0.25) is 0 Å². The second-order valence-electron chi connectivity index (χ2n) is 4.00. The summed E-state index contributed by atoms with van der Waals surface area (Å²) in [6.07, 6.45) is 0.569.